The number of hydrogen-bond acceptors (Lipinski definition) is 0. The maximum atomic E-state index is 10.6. The van der Waals surface area contributed by atoms with Gasteiger partial charge in [-0.05, 0) is 24.6 Å². The number of hydrogen-bond donors (Lipinski definition) is 0. The number of allylic oxidation sites excluding steroid dienone is 1. The average molecular weight is 133 g/mol. The molecule has 0 aliphatic rings. The SMILES string of the molecule is CC=Cc1ccc([O])cc1. The minimum absolute atomic E-state index is 0.0632. The Morgan fingerprint density at radius 2 is 1.80 bits per heavy atom. The van der Waals surface area contributed by atoms with Gasteiger partial charge >= 0.3 is 0 Å². The minimum atomic E-state index is 0.0632. The van der Waals surface area contributed by atoms with Crippen LogP contribution in [0.25, 0.3) is 6.08 Å². The van der Waals surface area contributed by atoms with Gasteiger partial charge in [0, 0.05) is 0 Å². The van der Waals surface area contributed by atoms with Crippen LogP contribution < -0.4 is 0 Å². The van der Waals surface area contributed by atoms with Crippen LogP contribution in [0.5, 0.6) is 5.75 Å². The lowest BCUT2D eigenvalue weighted by molar-refractivity contribution is 0.355. The Morgan fingerprint density at radius 1 is 1.20 bits per heavy atom. The van der Waals surface area contributed by atoms with Crippen LogP contribution in [0.15, 0.2) is 30.3 Å². The molecule has 1 rings (SSSR count). The summed E-state index contributed by atoms with van der Waals surface area (Å²) in [5.41, 5.74) is 1.07. The standard InChI is InChI=1S/C9H9O/c1-2-3-8-4-6-9(10)7-5-8/h2-7H,1H3. The molecule has 0 heterocycles. The van der Waals surface area contributed by atoms with E-state index < -0.39 is 0 Å². The van der Waals surface area contributed by atoms with Crippen molar-refractivity contribution in [1.29, 1.82) is 0 Å². The van der Waals surface area contributed by atoms with E-state index in [1.54, 1.807) is 12.1 Å². The van der Waals surface area contributed by atoms with Crippen molar-refractivity contribution in [1.82, 2.24) is 0 Å². The van der Waals surface area contributed by atoms with Crippen molar-refractivity contribution in [2.75, 3.05) is 0 Å². The molecule has 1 nitrogen and oxygen atoms in total. The van der Waals surface area contributed by atoms with Gasteiger partial charge in [-0.1, -0.05) is 24.3 Å². The van der Waals surface area contributed by atoms with Gasteiger partial charge in [-0.3, -0.25) is 5.11 Å². The van der Waals surface area contributed by atoms with Gasteiger partial charge in [0.2, 0.25) is 0 Å². The van der Waals surface area contributed by atoms with Gasteiger partial charge < -0.3 is 0 Å². The first-order chi connectivity index (χ1) is 4.83. The third kappa shape index (κ3) is 1.62. The van der Waals surface area contributed by atoms with Crippen LogP contribution in [0.2, 0.25) is 0 Å². The number of rotatable bonds is 1. The maximum absolute atomic E-state index is 10.6. The summed E-state index contributed by atoms with van der Waals surface area (Å²) >= 11 is 0. The van der Waals surface area contributed by atoms with Gasteiger partial charge in [0.15, 0.2) is 5.75 Å². The Balaban J connectivity index is 2.89. The van der Waals surface area contributed by atoms with Crippen LogP contribution in [0.4, 0.5) is 0 Å². The zero-order valence-corrected chi connectivity index (χ0v) is 5.87. The lowest BCUT2D eigenvalue weighted by Gasteiger charge is -1.89. The van der Waals surface area contributed by atoms with Crippen molar-refractivity contribution < 1.29 is 5.11 Å². The second kappa shape index (κ2) is 3.06. The normalized spacial score (nSPS) is 10.5. The van der Waals surface area contributed by atoms with Crippen LogP contribution in [-0.4, -0.2) is 0 Å². The van der Waals surface area contributed by atoms with Gasteiger partial charge in [0.05, 0.1) is 0 Å². The van der Waals surface area contributed by atoms with Gasteiger partial charge in [-0.25, -0.2) is 0 Å². The van der Waals surface area contributed by atoms with Crippen LogP contribution in [0.1, 0.15) is 12.5 Å². The first-order valence-corrected chi connectivity index (χ1v) is 3.22. The molecule has 1 heteroatoms. The molecular weight excluding hydrogens is 124 g/mol. The summed E-state index contributed by atoms with van der Waals surface area (Å²) in [5.74, 6) is 0.0632. The Hall–Kier alpha value is -1.24. The molecule has 10 heavy (non-hydrogen) atoms. The molecule has 0 bridgehead atoms. The van der Waals surface area contributed by atoms with E-state index in [1.165, 1.54) is 0 Å². The Morgan fingerprint density at radius 3 is 2.30 bits per heavy atom. The van der Waals surface area contributed by atoms with Gasteiger partial charge in [0.25, 0.3) is 0 Å². The fraction of sp³-hybridized carbons (Fsp3) is 0.111. The fourth-order valence-electron chi connectivity index (χ4n) is 0.771. The molecule has 1 aromatic rings. The second-order valence-corrected chi connectivity index (χ2v) is 2.07. The van der Waals surface area contributed by atoms with Crippen molar-refractivity contribution in [2.24, 2.45) is 0 Å². The van der Waals surface area contributed by atoms with Crippen LogP contribution in [0, 0.1) is 0 Å². The summed E-state index contributed by atoms with van der Waals surface area (Å²) in [7, 11) is 0. The molecule has 0 aliphatic heterocycles. The molecule has 1 radical (unpaired) electrons. The van der Waals surface area contributed by atoms with Gasteiger partial charge in [-0.2, -0.15) is 0 Å². The first kappa shape index (κ1) is 6.87. The molecule has 0 unspecified atom stereocenters. The molecule has 0 aliphatic carbocycles. The zero-order chi connectivity index (χ0) is 7.40. The van der Waals surface area contributed by atoms with E-state index in [9.17, 15) is 5.11 Å². The summed E-state index contributed by atoms with van der Waals surface area (Å²) in [5, 5.41) is 10.6. The smallest absolute Gasteiger partial charge is 0.178 e. The van der Waals surface area contributed by atoms with E-state index in [4.69, 9.17) is 0 Å². The highest BCUT2D eigenvalue weighted by molar-refractivity contribution is 5.49. The lowest BCUT2D eigenvalue weighted by Crippen LogP contribution is -1.67. The van der Waals surface area contributed by atoms with E-state index in [2.05, 4.69) is 0 Å². The minimum Gasteiger partial charge on any atom is -0.290 e. The fourth-order valence-corrected chi connectivity index (χ4v) is 0.771. The highest BCUT2D eigenvalue weighted by atomic mass is 16.3. The van der Waals surface area contributed by atoms with Crippen molar-refractivity contribution >= 4 is 6.08 Å². The molecule has 0 N–H and O–H groups in total. The molecule has 1 aromatic carbocycles. The average Bonchev–Trinajstić information content (AvgIpc) is 1.95. The third-order valence-electron chi connectivity index (χ3n) is 1.24. The molecule has 51 valence electrons. The highest BCUT2D eigenvalue weighted by Crippen LogP contribution is 2.10. The monoisotopic (exact) mass is 133 g/mol. The Labute approximate surface area is 60.6 Å². The molecular formula is C9H9O. The molecule has 0 spiro atoms. The summed E-state index contributed by atoms with van der Waals surface area (Å²) in [6.07, 6.45) is 3.90. The highest BCUT2D eigenvalue weighted by Gasteiger charge is 1.87. The Kier molecular flexibility index (Phi) is 2.11. The molecule has 0 amide bonds. The summed E-state index contributed by atoms with van der Waals surface area (Å²) in [6, 6.07) is 6.75. The summed E-state index contributed by atoms with van der Waals surface area (Å²) < 4.78 is 0. The van der Waals surface area contributed by atoms with Crippen molar-refractivity contribution in [3.05, 3.63) is 35.9 Å². The zero-order valence-electron chi connectivity index (χ0n) is 5.87. The molecule has 0 saturated heterocycles. The predicted octanol–water partition coefficient (Wildman–Crippen LogP) is 2.86. The molecule has 0 atom stereocenters. The summed E-state index contributed by atoms with van der Waals surface area (Å²) in [6.45, 7) is 1.95. The van der Waals surface area contributed by atoms with Crippen LogP contribution in [0.3, 0.4) is 0 Å². The predicted molar refractivity (Wildman–Crippen MR) is 41.3 cm³/mol. The van der Waals surface area contributed by atoms with E-state index in [0.717, 1.165) is 5.56 Å². The number of benzene rings is 1. The molecule has 0 fully saturated rings. The largest absolute Gasteiger partial charge is 0.290 e. The first-order valence-electron chi connectivity index (χ1n) is 3.22. The van der Waals surface area contributed by atoms with E-state index in [-0.39, 0.29) is 5.75 Å². The van der Waals surface area contributed by atoms with E-state index in [0.29, 0.717) is 0 Å². The van der Waals surface area contributed by atoms with Crippen molar-refractivity contribution in [3.8, 4) is 5.75 Å². The van der Waals surface area contributed by atoms with E-state index >= 15 is 0 Å². The second-order valence-electron chi connectivity index (χ2n) is 2.07. The molecule has 0 saturated carbocycles. The van der Waals surface area contributed by atoms with E-state index in [1.807, 2.05) is 31.2 Å². The summed E-state index contributed by atoms with van der Waals surface area (Å²) in [4.78, 5) is 0. The quantitative estimate of drug-likeness (QED) is 0.561. The van der Waals surface area contributed by atoms with Crippen molar-refractivity contribution in [2.45, 2.75) is 6.92 Å². The van der Waals surface area contributed by atoms with Gasteiger partial charge in [0.1, 0.15) is 0 Å². The maximum Gasteiger partial charge on any atom is 0.178 e. The van der Waals surface area contributed by atoms with Crippen molar-refractivity contribution in [3.63, 3.8) is 0 Å². The van der Waals surface area contributed by atoms with Crippen LogP contribution >= 0.6 is 0 Å². The third-order valence-corrected chi connectivity index (χ3v) is 1.24. The topological polar surface area (TPSA) is 19.9 Å². The van der Waals surface area contributed by atoms with Gasteiger partial charge in [-0.15, -0.1) is 0 Å². The van der Waals surface area contributed by atoms with Crippen LogP contribution in [-0.2, 0) is 5.11 Å². The lowest BCUT2D eigenvalue weighted by atomic mass is 10.2. The molecule has 0 aromatic heterocycles. The Bertz CT molecular complexity index is 221.